The van der Waals surface area contributed by atoms with Crippen molar-refractivity contribution in [1.29, 1.82) is 0 Å². The molecule has 1 aliphatic carbocycles. The van der Waals surface area contributed by atoms with Crippen molar-refractivity contribution in [2.45, 2.75) is 45.4 Å². The van der Waals surface area contributed by atoms with E-state index in [-0.39, 0.29) is 35.3 Å². The van der Waals surface area contributed by atoms with Crippen LogP contribution in [0.2, 0.25) is 0 Å². The summed E-state index contributed by atoms with van der Waals surface area (Å²) in [4.78, 5) is 26.9. The van der Waals surface area contributed by atoms with Gasteiger partial charge in [0.05, 0.1) is 12.1 Å². The first-order valence-corrected chi connectivity index (χ1v) is 14.3. The van der Waals surface area contributed by atoms with Crippen molar-refractivity contribution >= 4 is 17.4 Å². The van der Waals surface area contributed by atoms with Crippen molar-refractivity contribution in [3.63, 3.8) is 0 Å². The highest BCUT2D eigenvalue weighted by molar-refractivity contribution is 5.92. The largest absolute Gasteiger partial charge is 0.457 e. The summed E-state index contributed by atoms with van der Waals surface area (Å²) in [5.74, 6) is 1.03. The molecule has 4 aromatic rings. The third-order valence-electron chi connectivity index (χ3n) is 7.98. The first-order chi connectivity index (χ1) is 19.8. The summed E-state index contributed by atoms with van der Waals surface area (Å²) in [6.45, 7) is 1.99. The van der Waals surface area contributed by atoms with Gasteiger partial charge in [0.1, 0.15) is 23.1 Å². The van der Waals surface area contributed by atoms with Gasteiger partial charge in [-0.1, -0.05) is 30.3 Å². The maximum Gasteiger partial charge on any atom is 0.227 e. The Bertz CT molecular complexity index is 1470. The molecule has 1 aliphatic rings. The number of aromatic amines is 1. The van der Waals surface area contributed by atoms with Crippen LogP contribution in [0.15, 0.2) is 84.9 Å². The second-order valence-electron chi connectivity index (χ2n) is 11.2. The van der Waals surface area contributed by atoms with E-state index < -0.39 is 0 Å². The third-order valence-corrected chi connectivity index (χ3v) is 7.98. The molecule has 0 saturated heterocycles. The number of nitrogens with one attached hydrogen (secondary N) is 2. The Morgan fingerprint density at radius 2 is 1.56 bits per heavy atom. The maximum atomic E-state index is 13.5. The molecule has 1 heterocycles. The predicted molar refractivity (Wildman–Crippen MR) is 156 cm³/mol. The van der Waals surface area contributed by atoms with Crippen LogP contribution >= 0.6 is 0 Å². The number of benzene rings is 3. The Balaban J connectivity index is 1.25. The van der Waals surface area contributed by atoms with Crippen LogP contribution in [0, 0.1) is 30.5 Å². The second-order valence-corrected chi connectivity index (χ2v) is 11.2. The van der Waals surface area contributed by atoms with E-state index in [4.69, 9.17) is 4.74 Å². The Labute approximate surface area is 240 Å². The van der Waals surface area contributed by atoms with E-state index in [1.807, 2.05) is 42.9 Å². The molecule has 3 aromatic carbocycles. The van der Waals surface area contributed by atoms with Gasteiger partial charge in [0.15, 0.2) is 7.05 Å². The molecule has 5 rings (SSSR count). The summed E-state index contributed by atoms with van der Waals surface area (Å²) in [5.41, 5.74) is 3.94. The summed E-state index contributed by atoms with van der Waals surface area (Å²) < 4.78 is 20.8. The van der Waals surface area contributed by atoms with Crippen LogP contribution in [0.3, 0.4) is 0 Å². The molecule has 0 spiro atoms. The van der Waals surface area contributed by atoms with E-state index in [0.717, 1.165) is 30.7 Å². The number of aromatic nitrogens is 2. The number of carbonyl (C=O) groups excluding carboxylic acids is 2. The number of rotatable bonds is 9. The Hall–Kier alpha value is -4.26. The number of ether oxygens (including phenoxy) is 1. The van der Waals surface area contributed by atoms with Gasteiger partial charge < -0.3 is 10.1 Å². The zero-order valence-corrected chi connectivity index (χ0v) is 23.6. The van der Waals surface area contributed by atoms with Crippen LogP contribution in [-0.4, -0.2) is 16.8 Å². The monoisotopic (exact) mass is 554 g/mol. The highest BCUT2D eigenvalue weighted by atomic mass is 19.1. The molecule has 41 heavy (non-hydrogen) atoms. The number of nitrogens with zero attached hydrogens (tertiary/aromatic N) is 1. The zero-order valence-electron chi connectivity index (χ0n) is 23.6. The molecule has 1 saturated carbocycles. The molecule has 7 heteroatoms. The predicted octanol–water partition coefficient (Wildman–Crippen LogP) is 6.49. The maximum absolute atomic E-state index is 13.5. The lowest BCUT2D eigenvalue weighted by Gasteiger charge is -2.21. The minimum Gasteiger partial charge on any atom is -0.457 e. The Kier molecular flexibility index (Phi) is 8.92. The minimum absolute atomic E-state index is 0.0176. The van der Waals surface area contributed by atoms with Crippen LogP contribution in [0.4, 0.5) is 10.1 Å². The highest BCUT2D eigenvalue weighted by Gasteiger charge is 2.33. The summed E-state index contributed by atoms with van der Waals surface area (Å²) in [6, 6.07) is 25.4. The molecule has 1 amide bonds. The molecule has 212 valence electrons. The van der Waals surface area contributed by atoms with Gasteiger partial charge in [0.2, 0.25) is 11.6 Å². The third kappa shape index (κ3) is 7.69. The molecule has 1 aromatic heterocycles. The lowest BCUT2D eigenvalue weighted by atomic mass is 9.84. The molecular formula is C34H37FN3O3+. The zero-order chi connectivity index (χ0) is 28.8. The molecule has 1 fully saturated rings. The van der Waals surface area contributed by atoms with Crippen LogP contribution in [0.5, 0.6) is 11.5 Å². The fourth-order valence-electron chi connectivity index (χ4n) is 5.88. The molecule has 0 aliphatic heterocycles. The molecule has 3 atom stereocenters. The van der Waals surface area contributed by atoms with Gasteiger partial charge >= 0.3 is 0 Å². The molecule has 2 N–H and O–H groups in total. The van der Waals surface area contributed by atoms with Crippen molar-refractivity contribution < 1.29 is 23.4 Å². The first-order valence-electron chi connectivity index (χ1n) is 14.3. The van der Waals surface area contributed by atoms with Crippen LogP contribution in [0.25, 0.3) is 0 Å². The van der Waals surface area contributed by atoms with E-state index in [1.165, 1.54) is 17.7 Å². The number of halogens is 1. The van der Waals surface area contributed by atoms with Gasteiger partial charge in [-0.25, -0.2) is 4.39 Å². The van der Waals surface area contributed by atoms with Crippen LogP contribution in [-0.2, 0) is 29.5 Å². The normalized spacial score (nSPS) is 18.9. The summed E-state index contributed by atoms with van der Waals surface area (Å²) in [7, 11) is 1.93. The van der Waals surface area contributed by atoms with Crippen molar-refractivity contribution in [3.8, 4) is 11.5 Å². The molecule has 0 bridgehead atoms. The first kappa shape index (κ1) is 28.3. The fourth-order valence-corrected chi connectivity index (χ4v) is 5.88. The van der Waals surface area contributed by atoms with Crippen molar-refractivity contribution in [2.75, 3.05) is 5.32 Å². The highest BCUT2D eigenvalue weighted by Crippen LogP contribution is 2.35. The van der Waals surface area contributed by atoms with Gasteiger partial charge in [0.25, 0.3) is 0 Å². The van der Waals surface area contributed by atoms with Gasteiger partial charge in [-0.15, -0.1) is 4.68 Å². The molecule has 0 radical (unpaired) electrons. The van der Waals surface area contributed by atoms with E-state index in [0.29, 0.717) is 36.4 Å². The lowest BCUT2D eigenvalue weighted by Crippen LogP contribution is -2.36. The molecule has 6 nitrogen and oxygen atoms in total. The number of Topliss-reactive ketones (excluding diaryl/α,β-unsaturated/α-hetero) is 1. The smallest absolute Gasteiger partial charge is 0.227 e. The van der Waals surface area contributed by atoms with Crippen LogP contribution in [0.1, 0.15) is 42.6 Å². The Morgan fingerprint density at radius 1 is 0.927 bits per heavy atom. The topological polar surface area (TPSA) is 75.1 Å². The number of H-pyrrole nitrogens is 1. The number of ketones is 1. The summed E-state index contributed by atoms with van der Waals surface area (Å²) in [6.07, 6.45) is 4.17. The number of hydrogen-bond acceptors (Lipinski definition) is 3. The van der Waals surface area contributed by atoms with Gasteiger partial charge in [-0.3, -0.25) is 9.59 Å². The van der Waals surface area contributed by atoms with E-state index in [1.54, 1.807) is 36.4 Å². The van der Waals surface area contributed by atoms with E-state index in [9.17, 15) is 14.0 Å². The van der Waals surface area contributed by atoms with Crippen molar-refractivity contribution in [3.05, 3.63) is 108 Å². The number of amides is 1. The fraction of sp³-hybridized carbons (Fsp3) is 0.324. The SMILES string of the molecule is Cc1cc(CC(=O)C2CCC(C(=O)Nc3ccc(Oc4ccc(F)cc4)cc3)CC(Cc3ccccc3)C2)[n+](C)[nH]1. The number of anilines is 1. The minimum atomic E-state index is -0.319. The van der Waals surface area contributed by atoms with Crippen molar-refractivity contribution in [1.82, 2.24) is 5.10 Å². The Morgan fingerprint density at radius 3 is 2.22 bits per heavy atom. The van der Waals surface area contributed by atoms with Crippen molar-refractivity contribution in [2.24, 2.45) is 24.8 Å². The lowest BCUT2D eigenvalue weighted by molar-refractivity contribution is -0.733. The molecule has 3 unspecified atom stereocenters. The van der Waals surface area contributed by atoms with Crippen LogP contribution < -0.4 is 14.7 Å². The van der Waals surface area contributed by atoms with Gasteiger partial charge in [-0.05, 0) is 99.0 Å². The van der Waals surface area contributed by atoms with E-state index in [2.05, 4.69) is 22.5 Å². The number of hydrogen-bond donors (Lipinski definition) is 2. The average Bonchev–Trinajstić information content (AvgIpc) is 3.14. The summed E-state index contributed by atoms with van der Waals surface area (Å²) in [5, 5.41) is 6.30. The second kappa shape index (κ2) is 12.9. The molecular weight excluding hydrogens is 517 g/mol. The van der Waals surface area contributed by atoms with Gasteiger partial charge in [-0.2, -0.15) is 5.10 Å². The van der Waals surface area contributed by atoms with E-state index >= 15 is 0 Å². The summed E-state index contributed by atoms with van der Waals surface area (Å²) >= 11 is 0. The number of aryl methyl sites for hydroxylation is 2. The van der Waals surface area contributed by atoms with Gasteiger partial charge in [0, 0.05) is 23.6 Å². The standard InChI is InChI=1S/C34H36FN3O3/c1-23-18-30(38(2)37-23)22-33(39)26-8-9-27(21-25(20-26)19-24-6-4-3-5-7-24)34(40)36-29-12-16-32(17-13-29)41-31-14-10-28(35)11-15-31/h3-7,10-18,25-27H,8-9,19-22H2,1-2H3,(H,36,40)/p+1. The quantitative estimate of drug-likeness (QED) is 0.183. The average molecular weight is 555 g/mol. The number of carbonyl (C=O) groups is 2.